The van der Waals surface area contributed by atoms with E-state index in [1.165, 1.54) is 0 Å². The molecule has 2 N–H and O–H groups in total. The van der Waals surface area contributed by atoms with Gasteiger partial charge in [-0.2, -0.15) is 0 Å². The number of rotatable bonds is 0. The number of piperidine rings is 1. The molecule has 2 unspecified atom stereocenters. The third-order valence-corrected chi connectivity index (χ3v) is 4.09. The number of nitrogens with two attached hydrogens (primary N) is 1. The van der Waals surface area contributed by atoms with Crippen molar-refractivity contribution in [1.29, 1.82) is 0 Å². The van der Waals surface area contributed by atoms with E-state index in [0.29, 0.717) is 13.2 Å². The molecule has 0 aromatic rings. The lowest BCUT2D eigenvalue weighted by atomic mass is 9.71. The summed E-state index contributed by atoms with van der Waals surface area (Å²) >= 11 is 0. The molecule has 0 bridgehead atoms. The van der Waals surface area contributed by atoms with Gasteiger partial charge in [-0.15, -0.1) is 0 Å². The standard InChI is InChI=1S/C14H26N2O3/c1-13(2,3)19-12(17)16-7-4-5-14(10-16)6-8-18-9-11(14)15/h11H,4-10,15H2,1-3H3. The van der Waals surface area contributed by atoms with Gasteiger partial charge in [-0.05, 0) is 40.0 Å². The molecule has 1 amide bonds. The first-order chi connectivity index (χ1) is 8.82. The highest BCUT2D eigenvalue weighted by atomic mass is 16.6. The van der Waals surface area contributed by atoms with Crippen molar-refractivity contribution in [2.24, 2.45) is 11.1 Å². The molecule has 0 aromatic carbocycles. The summed E-state index contributed by atoms with van der Waals surface area (Å²) in [5.74, 6) is 0. The first-order valence-electron chi connectivity index (χ1n) is 7.14. The molecule has 2 fully saturated rings. The van der Waals surface area contributed by atoms with Gasteiger partial charge in [-0.3, -0.25) is 0 Å². The number of likely N-dealkylation sites (tertiary alicyclic amines) is 1. The van der Waals surface area contributed by atoms with E-state index >= 15 is 0 Å². The molecular weight excluding hydrogens is 244 g/mol. The summed E-state index contributed by atoms with van der Waals surface area (Å²) in [6.07, 6.45) is 2.79. The van der Waals surface area contributed by atoms with E-state index in [2.05, 4.69) is 0 Å². The molecule has 0 aromatic heterocycles. The number of hydrogen-bond acceptors (Lipinski definition) is 4. The van der Waals surface area contributed by atoms with Gasteiger partial charge in [0.1, 0.15) is 5.60 Å². The van der Waals surface area contributed by atoms with Gasteiger partial charge in [0, 0.05) is 31.2 Å². The second kappa shape index (κ2) is 5.29. The first kappa shape index (κ1) is 14.6. The minimum atomic E-state index is -0.445. The number of hydrogen-bond donors (Lipinski definition) is 1. The van der Waals surface area contributed by atoms with Gasteiger partial charge in [0.2, 0.25) is 0 Å². The van der Waals surface area contributed by atoms with Gasteiger partial charge in [-0.25, -0.2) is 4.79 Å². The fraction of sp³-hybridized carbons (Fsp3) is 0.929. The summed E-state index contributed by atoms with van der Waals surface area (Å²) < 4.78 is 10.9. The van der Waals surface area contributed by atoms with Crippen molar-refractivity contribution in [3.05, 3.63) is 0 Å². The summed E-state index contributed by atoms with van der Waals surface area (Å²) in [4.78, 5) is 14.0. The summed E-state index contributed by atoms with van der Waals surface area (Å²) in [5.41, 5.74) is 5.81. The Labute approximate surface area is 115 Å². The Hall–Kier alpha value is -0.810. The minimum Gasteiger partial charge on any atom is -0.444 e. The molecule has 19 heavy (non-hydrogen) atoms. The third-order valence-electron chi connectivity index (χ3n) is 4.09. The van der Waals surface area contributed by atoms with Gasteiger partial charge in [0.15, 0.2) is 0 Å². The molecule has 5 nitrogen and oxygen atoms in total. The molecule has 2 rings (SSSR count). The van der Waals surface area contributed by atoms with Crippen molar-refractivity contribution in [1.82, 2.24) is 4.90 Å². The molecule has 1 spiro atoms. The van der Waals surface area contributed by atoms with Crippen LogP contribution in [0, 0.1) is 5.41 Å². The van der Waals surface area contributed by atoms with E-state index in [0.717, 1.165) is 32.4 Å². The van der Waals surface area contributed by atoms with E-state index in [1.807, 2.05) is 25.7 Å². The van der Waals surface area contributed by atoms with Crippen LogP contribution in [0.2, 0.25) is 0 Å². The third kappa shape index (κ3) is 3.39. The van der Waals surface area contributed by atoms with Gasteiger partial charge in [-0.1, -0.05) is 0 Å². The molecule has 0 radical (unpaired) electrons. The molecule has 5 heteroatoms. The highest BCUT2D eigenvalue weighted by Crippen LogP contribution is 2.38. The summed E-state index contributed by atoms with van der Waals surface area (Å²) in [7, 11) is 0. The smallest absolute Gasteiger partial charge is 0.410 e. The van der Waals surface area contributed by atoms with Crippen LogP contribution in [0.25, 0.3) is 0 Å². The zero-order chi connectivity index (χ0) is 14.1. The molecular formula is C14H26N2O3. The second-order valence-electron chi connectivity index (χ2n) is 6.80. The maximum atomic E-state index is 12.2. The molecule has 0 aliphatic carbocycles. The molecule has 2 aliphatic rings. The van der Waals surface area contributed by atoms with E-state index in [-0.39, 0.29) is 17.6 Å². The predicted molar refractivity (Wildman–Crippen MR) is 72.9 cm³/mol. The van der Waals surface area contributed by atoms with Crippen LogP contribution in [0.3, 0.4) is 0 Å². The second-order valence-corrected chi connectivity index (χ2v) is 6.80. The van der Waals surface area contributed by atoms with E-state index in [9.17, 15) is 4.79 Å². The molecule has 0 saturated carbocycles. The van der Waals surface area contributed by atoms with Crippen LogP contribution in [-0.4, -0.2) is 48.9 Å². The summed E-state index contributed by atoms with van der Waals surface area (Å²) in [6, 6.07) is 0.0199. The van der Waals surface area contributed by atoms with Crippen molar-refractivity contribution < 1.29 is 14.3 Å². The lowest BCUT2D eigenvalue weighted by molar-refractivity contribution is -0.0507. The maximum Gasteiger partial charge on any atom is 0.410 e. The first-order valence-corrected chi connectivity index (χ1v) is 7.14. The Kier molecular flexibility index (Phi) is 4.06. The summed E-state index contributed by atoms with van der Waals surface area (Å²) in [5, 5.41) is 0. The molecule has 2 saturated heterocycles. The number of carbonyl (C=O) groups is 1. The Balaban J connectivity index is 2.02. The van der Waals surface area contributed by atoms with Crippen LogP contribution < -0.4 is 5.73 Å². The number of carbonyl (C=O) groups excluding carboxylic acids is 1. The Bertz CT molecular complexity index is 336. The Morgan fingerprint density at radius 2 is 2.16 bits per heavy atom. The lowest BCUT2D eigenvalue weighted by Gasteiger charge is -2.48. The lowest BCUT2D eigenvalue weighted by Crippen LogP contribution is -2.58. The van der Waals surface area contributed by atoms with Gasteiger partial charge < -0.3 is 20.1 Å². The quantitative estimate of drug-likeness (QED) is 0.728. The summed E-state index contributed by atoms with van der Waals surface area (Å²) in [6.45, 7) is 8.50. The van der Waals surface area contributed by atoms with Gasteiger partial charge >= 0.3 is 6.09 Å². The van der Waals surface area contributed by atoms with Crippen molar-refractivity contribution >= 4 is 6.09 Å². The fourth-order valence-electron chi connectivity index (χ4n) is 3.00. The zero-order valence-electron chi connectivity index (χ0n) is 12.3. The van der Waals surface area contributed by atoms with Crippen LogP contribution in [0.15, 0.2) is 0 Å². The number of nitrogens with zero attached hydrogens (tertiary/aromatic N) is 1. The Morgan fingerprint density at radius 3 is 2.79 bits per heavy atom. The van der Waals surface area contributed by atoms with Crippen LogP contribution in [0.5, 0.6) is 0 Å². The highest BCUT2D eigenvalue weighted by molar-refractivity contribution is 5.68. The minimum absolute atomic E-state index is 0.0199. The average Bonchev–Trinajstić information content (AvgIpc) is 2.31. The molecule has 110 valence electrons. The Morgan fingerprint density at radius 1 is 1.42 bits per heavy atom. The zero-order valence-corrected chi connectivity index (χ0v) is 12.3. The highest BCUT2D eigenvalue weighted by Gasteiger charge is 2.44. The molecule has 2 heterocycles. The van der Waals surface area contributed by atoms with Crippen LogP contribution in [0.1, 0.15) is 40.0 Å². The monoisotopic (exact) mass is 270 g/mol. The molecule has 2 aliphatic heterocycles. The predicted octanol–water partition coefficient (Wildman–Crippen LogP) is 1.75. The van der Waals surface area contributed by atoms with Crippen LogP contribution in [-0.2, 0) is 9.47 Å². The van der Waals surface area contributed by atoms with E-state index < -0.39 is 5.60 Å². The molecule has 2 atom stereocenters. The normalized spacial score (nSPS) is 32.4. The van der Waals surface area contributed by atoms with Crippen LogP contribution in [0.4, 0.5) is 4.79 Å². The van der Waals surface area contributed by atoms with Crippen molar-refractivity contribution in [2.45, 2.75) is 51.7 Å². The van der Waals surface area contributed by atoms with Crippen molar-refractivity contribution in [2.75, 3.05) is 26.3 Å². The topological polar surface area (TPSA) is 64.8 Å². The van der Waals surface area contributed by atoms with Gasteiger partial charge in [0.05, 0.1) is 6.61 Å². The van der Waals surface area contributed by atoms with Crippen molar-refractivity contribution in [3.63, 3.8) is 0 Å². The average molecular weight is 270 g/mol. The van der Waals surface area contributed by atoms with Crippen molar-refractivity contribution in [3.8, 4) is 0 Å². The maximum absolute atomic E-state index is 12.2. The number of ether oxygens (including phenoxy) is 2. The van der Waals surface area contributed by atoms with E-state index in [4.69, 9.17) is 15.2 Å². The fourth-order valence-corrected chi connectivity index (χ4v) is 3.00. The van der Waals surface area contributed by atoms with Crippen LogP contribution >= 0.6 is 0 Å². The largest absolute Gasteiger partial charge is 0.444 e. The van der Waals surface area contributed by atoms with Gasteiger partial charge in [0.25, 0.3) is 0 Å². The van der Waals surface area contributed by atoms with E-state index in [1.54, 1.807) is 0 Å². The number of amides is 1. The SMILES string of the molecule is CC(C)(C)OC(=O)N1CCCC2(CCOCC2N)C1.